The van der Waals surface area contributed by atoms with Crippen molar-refractivity contribution in [2.45, 2.75) is 58.9 Å². The quantitative estimate of drug-likeness (QED) is 0.901. The van der Waals surface area contributed by atoms with Gasteiger partial charge in [0.2, 0.25) is 0 Å². The van der Waals surface area contributed by atoms with Crippen LogP contribution in [0.5, 0.6) is 0 Å². The van der Waals surface area contributed by atoms with Crippen molar-refractivity contribution >= 4 is 0 Å². The van der Waals surface area contributed by atoms with Crippen molar-refractivity contribution in [1.82, 2.24) is 10.2 Å². The molecule has 0 radical (unpaired) electrons. The second-order valence-corrected chi connectivity index (χ2v) is 7.36. The SMILES string of the molecule is CCNCc1ccc(CN2CC(C)(C)OC(C)(C)C2)cc1. The fourth-order valence-corrected chi connectivity index (χ4v) is 3.35. The lowest BCUT2D eigenvalue weighted by Crippen LogP contribution is -2.56. The average molecular weight is 290 g/mol. The molecule has 0 aromatic heterocycles. The number of rotatable bonds is 5. The number of benzene rings is 1. The molecular formula is C18H30N2O. The summed E-state index contributed by atoms with van der Waals surface area (Å²) in [4.78, 5) is 2.50. The highest BCUT2D eigenvalue weighted by Gasteiger charge is 2.37. The molecule has 118 valence electrons. The van der Waals surface area contributed by atoms with Gasteiger partial charge in [-0.25, -0.2) is 0 Å². The maximum Gasteiger partial charge on any atom is 0.0760 e. The summed E-state index contributed by atoms with van der Waals surface area (Å²) in [6.45, 7) is 15.8. The van der Waals surface area contributed by atoms with E-state index in [-0.39, 0.29) is 11.2 Å². The third-order valence-electron chi connectivity index (χ3n) is 3.77. The minimum absolute atomic E-state index is 0.0767. The maximum atomic E-state index is 6.14. The molecule has 1 aromatic rings. The van der Waals surface area contributed by atoms with E-state index in [1.54, 1.807) is 0 Å². The summed E-state index contributed by atoms with van der Waals surface area (Å²) in [5.41, 5.74) is 2.58. The predicted octanol–water partition coefficient (Wildman–Crippen LogP) is 3.19. The van der Waals surface area contributed by atoms with Crippen molar-refractivity contribution in [3.63, 3.8) is 0 Å². The molecule has 21 heavy (non-hydrogen) atoms. The van der Waals surface area contributed by atoms with Gasteiger partial charge in [-0.1, -0.05) is 31.2 Å². The van der Waals surface area contributed by atoms with Crippen LogP contribution in [-0.2, 0) is 17.8 Å². The van der Waals surface area contributed by atoms with Crippen LogP contribution in [0, 0.1) is 0 Å². The van der Waals surface area contributed by atoms with Crippen LogP contribution >= 0.6 is 0 Å². The molecule has 1 N–H and O–H groups in total. The Morgan fingerprint density at radius 2 is 1.52 bits per heavy atom. The summed E-state index contributed by atoms with van der Waals surface area (Å²) in [5, 5.41) is 3.36. The largest absolute Gasteiger partial charge is 0.367 e. The fraction of sp³-hybridized carbons (Fsp3) is 0.667. The normalized spacial score (nSPS) is 21.4. The summed E-state index contributed by atoms with van der Waals surface area (Å²) in [7, 11) is 0. The lowest BCUT2D eigenvalue weighted by Gasteiger charge is -2.47. The number of hydrogen-bond acceptors (Lipinski definition) is 3. The van der Waals surface area contributed by atoms with E-state index in [1.165, 1.54) is 11.1 Å². The number of morpholine rings is 1. The van der Waals surface area contributed by atoms with Gasteiger partial charge in [0.05, 0.1) is 11.2 Å². The lowest BCUT2D eigenvalue weighted by atomic mass is 9.98. The first-order chi connectivity index (χ1) is 9.80. The first-order valence-corrected chi connectivity index (χ1v) is 8.01. The molecule has 3 heteroatoms. The molecule has 2 rings (SSSR count). The zero-order valence-corrected chi connectivity index (χ0v) is 14.2. The van der Waals surface area contributed by atoms with E-state index in [1.807, 2.05) is 0 Å². The summed E-state index contributed by atoms with van der Waals surface area (Å²) < 4.78 is 6.14. The Labute approximate surface area is 129 Å². The average Bonchev–Trinajstić information content (AvgIpc) is 2.34. The molecule has 0 saturated carbocycles. The van der Waals surface area contributed by atoms with Crippen LogP contribution in [0.3, 0.4) is 0 Å². The maximum absolute atomic E-state index is 6.14. The second kappa shape index (κ2) is 6.47. The molecule has 1 saturated heterocycles. The van der Waals surface area contributed by atoms with Gasteiger partial charge in [0, 0.05) is 26.2 Å². The Balaban J connectivity index is 1.97. The van der Waals surface area contributed by atoms with Gasteiger partial charge >= 0.3 is 0 Å². The molecule has 3 nitrogen and oxygen atoms in total. The van der Waals surface area contributed by atoms with Crippen LogP contribution in [-0.4, -0.2) is 35.7 Å². The molecule has 0 amide bonds. The zero-order chi connectivity index (χ0) is 15.5. The molecule has 1 aliphatic rings. The van der Waals surface area contributed by atoms with E-state index < -0.39 is 0 Å². The summed E-state index contributed by atoms with van der Waals surface area (Å²) in [6, 6.07) is 8.97. The van der Waals surface area contributed by atoms with E-state index in [4.69, 9.17) is 4.74 Å². The molecule has 1 aromatic carbocycles. The van der Waals surface area contributed by atoms with Gasteiger partial charge in [-0.05, 0) is 45.4 Å². The van der Waals surface area contributed by atoms with Crippen LogP contribution in [0.4, 0.5) is 0 Å². The predicted molar refractivity (Wildman–Crippen MR) is 88.3 cm³/mol. The van der Waals surface area contributed by atoms with Crippen LogP contribution < -0.4 is 5.32 Å². The summed E-state index contributed by atoms with van der Waals surface area (Å²) >= 11 is 0. The Kier molecular flexibility index (Phi) is 5.07. The number of ether oxygens (including phenoxy) is 1. The van der Waals surface area contributed by atoms with Crippen LogP contribution in [0.15, 0.2) is 24.3 Å². The molecule has 0 bridgehead atoms. The van der Waals surface area contributed by atoms with Gasteiger partial charge in [0.25, 0.3) is 0 Å². The Morgan fingerprint density at radius 3 is 2.05 bits per heavy atom. The highest BCUT2D eigenvalue weighted by atomic mass is 16.5. The van der Waals surface area contributed by atoms with Crippen LogP contribution in [0.1, 0.15) is 45.7 Å². The van der Waals surface area contributed by atoms with Gasteiger partial charge in [-0.2, -0.15) is 0 Å². The first kappa shape index (κ1) is 16.5. The Morgan fingerprint density at radius 1 is 1.00 bits per heavy atom. The van der Waals surface area contributed by atoms with Crippen molar-refractivity contribution in [3.8, 4) is 0 Å². The van der Waals surface area contributed by atoms with E-state index in [2.05, 4.69) is 69.1 Å². The topological polar surface area (TPSA) is 24.5 Å². The van der Waals surface area contributed by atoms with Crippen LogP contribution in [0.25, 0.3) is 0 Å². The minimum Gasteiger partial charge on any atom is -0.367 e. The molecule has 0 atom stereocenters. The monoisotopic (exact) mass is 290 g/mol. The van der Waals surface area contributed by atoms with E-state index >= 15 is 0 Å². The van der Waals surface area contributed by atoms with Gasteiger partial charge in [-0.15, -0.1) is 0 Å². The Hall–Kier alpha value is -0.900. The smallest absolute Gasteiger partial charge is 0.0760 e. The van der Waals surface area contributed by atoms with Crippen molar-refractivity contribution in [2.24, 2.45) is 0 Å². The number of nitrogens with zero attached hydrogens (tertiary/aromatic N) is 1. The van der Waals surface area contributed by atoms with E-state index in [0.717, 1.165) is 32.7 Å². The lowest BCUT2D eigenvalue weighted by molar-refractivity contribution is -0.182. The van der Waals surface area contributed by atoms with Crippen LogP contribution in [0.2, 0.25) is 0 Å². The molecule has 0 aliphatic carbocycles. The van der Waals surface area contributed by atoms with Crippen molar-refractivity contribution in [3.05, 3.63) is 35.4 Å². The van der Waals surface area contributed by atoms with Crippen molar-refractivity contribution < 1.29 is 4.74 Å². The zero-order valence-electron chi connectivity index (χ0n) is 14.2. The number of nitrogens with one attached hydrogen (secondary N) is 1. The first-order valence-electron chi connectivity index (χ1n) is 8.01. The standard InChI is InChI=1S/C18H30N2O/c1-6-19-11-15-7-9-16(10-8-15)12-20-13-17(2,3)21-18(4,5)14-20/h7-10,19H,6,11-14H2,1-5H3. The van der Waals surface area contributed by atoms with Gasteiger partial charge in [0.1, 0.15) is 0 Å². The third-order valence-corrected chi connectivity index (χ3v) is 3.77. The highest BCUT2D eigenvalue weighted by molar-refractivity contribution is 5.22. The van der Waals surface area contributed by atoms with E-state index in [0.29, 0.717) is 0 Å². The fourth-order valence-electron chi connectivity index (χ4n) is 3.35. The second-order valence-electron chi connectivity index (χ2n) is 7.36. The minimum atomic E-state index is -0.0767. The van der Waals surface area contributed by atoms with Gasteiger partial charge in [0.15, 0.2) is 0 Å². The van der Waals surface area contributed by atoms with Crippen molar-refractivity contribution in [1.29, 1.82) is 0 Å². The molecule has 1 heterocycles. The summed E-state index contributed by atoms with van der Waals surface area (Å²) in [6.07, 6.45) is 0. The molecule has 0 unspecified atom stereocenters. The molecule has 1 aliphatic heterocycles. The molecular weight excluding hydrogens is 260 g/mol. The Bertz CT molecular complexity index is 435. The van der Waals surface area contributed by atoms with Crippen molar-refractivity contribution in [2.75, 3.05) is 19.6 Å². The summed E-state index contributed by atoms with van der Waals surface area (Å²) in [5.74, 6) is 0. The van der Waals surface area contributed by atoms with Gasteiger partial charge < -0.3 is 10.1 Å². The third kappa shape index (κ3) is 5.10. The molecule has 1 fully saturated rings. The van der Waals surface area contributed by atoms with Gasteiger partial charge in [-0.3, -0.25) is 4.90 Å². The molecule has 0 spiro atoms. The number of hydrogen-bond donors (Lipinski definition) is 1. The van der Waals surface area contributed by atoms with E-state index in [9.17, 15) is 0 Å². The highest BCUT2D eigenvalue weighted by Crippen LogP contribution is 2.28.